The highest BCUT2D eigenvalue weighted by Gasteiger charge is 2.31. The van der Waals surface area contributed by atoms with Crippen molar-refractivity contribution in [3.05, 3.63) is 29.8 Å². The molecule has 0 fully saturated rings. The van der Waals surface area contributed by atoms with Crippen molar-refractivity contribution in [1.82, 2.24) is 9.62 Å². The Labute approximate surface area is 164 Å². The predicted molar refractivity (Wildman–Crippen MR) is 108 cm³/mol. The number of nitrogens with zero attached hydrogens (tertiary/aromatic N) is 1. The number of carbonyl (C=O) groups is 1. The van der Waals surface area contributed by atoms with Gasteiger partial charge in [0.1, 0.15) is 0 Å². The first-order chi connectivity index (χ1) is 12.5. The van der Waals surface area contributed by atoms with Crippen molar-refractivity contribution in [3.8, 4) is 0 Å². The minimum atomic E-state index is -3.57. The molecule has 0 heterocycles. The van der Waals surface area contributed by atoms with Crippen LogP contribution in [0.15, 0.2) is 29.2 Å². The molecule has 1 N–H and O–H groups in total. The van der Waals surface area contributed by atoms with E-state index in [4.69, 9.17) is 4.74 Å². The minimum Gasteiger partial charge on any atom is -0.450 e. The number of amides is 1. The molecule has 0 spiro atoms. The summed E-state index contributed by atoms with van der Waals surface area (Å²) in [5.74, 6) is 0.207. The standard InChI is InChI=1S/C20H34N2O4S/c1-7-26-19(23)21-13-12-20(5,6)15-22(14-16(2)3)27(24,25)18-10-8-17(4)9-11-18/h8-11,16H,7,12-15H2,1-6H3,(H,21,23). The summed E-state index contributed by atoms with van der Waals surface area (Å²) in [6, 6.07) is 6.95. The van der Waals surface area contributed by atoms with E-state index in [1.165, 1.54) is 0 Å². The van der Waals surface area contributed by atoms with E-state index in [9.17, 15) is 13.2 Å². The fourth-order valence-corrected chi connectivity index (χ4v) is 4.55. The van der Waals surface area contributed by atoms with E-state index in [0.29, 0.717) is 37.6 Å². The number of hydrogen-bond acceptors (Lipinski definition) is 4. The fraction of sp³-hybridized carbons (Fsp3) is 0.650. The van der Waals surface area contributed by atoms with Gasteiger partial charge in [0.25, 0.3) is 0 Å². The molecule has 154 valence electrons. The lowest BCUT2D eigenvalue weighted by Crippen LogP contribution is -2.42. The van der Waals surface area contributed by atoms with E-state index >= 15 is 0 Å². The highest BCUT2D eigenvalue weighted by Crippen LogP contribution is 2.26. The molecule has 7 heteroatoms. The van der Waals surface area contributed by atoms with Gasteiger partial charge in [-0.15, -0.1) is 0 Å². The molecule has 0 atom stereocenters. The number of hydrogen-bond donors (Lipinski definition) is 1. The van der Waals surface area contributed by atoms with Crippen molar-refractivity contribution in [2.24, 2.45) is 11.3 Å². The smallest absolute Gasteiger partial charge is 0.407 e. The molecular weight excluding hydrogens is 364 g/mol. The van der Waals surface area contributed by atoms with Crippen LogP contribution in [0, 0.1) is 18.3 Å². The summed E-state index contributed by atoms with van der Waals surface area (Å²) in [5, 5.41) is 2.70. The predicted octanol–water partition coefficient (Wildman–Crippen LogP) is 3.80. The zero-order chi connectivity index (χ0) is 20.7. The summed E-state index contributed by atoms with van der Waals surface area (Å²) < 4.78 is 32.7. The molecule has 0 aliphatic carbocycles. The van der Waals surface area contributed by atoms with Gasteiger partial charge in [0, 0.05) is 19.6 Å². The number of benzene rings is 1. The average Bonchev–Trinajstić information content (AvgIpc) is 2.54. The highest BCUT2D eigenvalue weighted by atomic mass is 32.2. The molecule has 0 aromatic heterocycles. The van der Waals surface area contributed by atoms with Crippen molar-refractivity contribution in [2.45, 2.75) is 52.9 Å². The molecule has 6 nitrogen and oxygen atoms in total. The average molecular weight is 399 g/mol. The molecule has 1 amide bonds. The molecule has 0 aliphatic rings. The van der Waals surface area contributed by atoms with Gasteiger partial charge in [-0.05, 0) is 43.7 Å². The Morgan fingerprint density at radius 3 is 2.33 bits per heavy atom. The number of ether oxygens (including phenoxy) is 1. The van der Waals surface area contributed by atoms with Gasteiger partial charge in [-0.25, -0.2) is 13.2 Å². The largest absolute Gasteiger partial charge is 0.450 e. The van der Waals surface area contributed by atoms with Crippen LogP contribution in [-0.2, 0) is 14.8 Å². The maximum atomic E-state index is 13.2. The molecule has 0 aliphatic heterocycles. The number of sulfonamides is 1. The number of alkyl carbamates (subject to hydrolysis) is 1. The Hall–Kier alpha value is -1.60. The lowest BCUT2D eigenvalue weighted by Gasteiger charge is -2.33. The number of carbonyl (C=O) groups excluding carboxylic acids is 1. The fourth-order valence-electron chi connectivity index (χ4n) is 2.76. The summed E-state index contributed by atoms with van der Waals surface area (Å²) in [5.41, 5.74) is 0.723. The normalized spacial score (nSPS) is 12.4. The first-order valence-electron chi connectivity index (χ1n) is 9.45. The summed E-state index contributed by atoms with van der Waals surface area (Å²) >= 11 is 0. The van der Waals surface area contributed by atoms with Crippen molar-refractivity contribution < 1.29 is 17.9 Å². The number of nitrogens with one attached hydrogen (secondary N) is 1. The van der Waals surface area contributed by atoms with Crippen LogP contribution in [0.1, 0.15) is 46.6 Å². The van der Waals surface area contributed by atoms with E-state index in [-0.39, 0.29) is 11.3 Å². The second-order valence-electron chi connectivity index (χ2n) is 8.07. The third-order valence-electron chi connectivity index (χ3n) is 4.18. The van der Waals surface area contributed by atoms with Crippen molar-refractivity contribution in [1.29, 1.82) is 0 Å². The molecule has 1 aromatic carbocycles. The number of aryl methyl sites for hydroxylation is 1. The minimum absolute atomic E-state index is 0.207. The molecule has 0 radical (unpaired) electrons. The van der Waals surface area contributed by atoms with Crippen LogP contribution in [0.2, 0.25) is 0 Å². The van der Waals surface area contributed by atoms with Crippen molar-refractivity contribution in [2.75, 3.05) is 26.2 Å². The third-order valence-corrected chi connectivity index (χ3v) is 6.00. The van der Waals surface area contributed by atoms with Gasteiger partial charge in [-0.1, -0.05) is 45.4 Å². The molecule has 0 saturated heterocycles. The van der Waals surface area contributed by atoms with Gasteiger partial charge in [0.05, 0.1) is 11.5 Å². The van der Waals surface area contributed by atoms with Gasteiger partial charge >= 0.3 is 6.09 Å². The SMILES string of the molecule is CCOC(=O)NCCC(C)(C)CN(CC(C)C)S(=O)(=O)c1ccc(C)cc1. The van der Waals surface area contributed by atoms with Crippen LogP contribution < -0.4 is 5.32 Å². The Morgan fingerprint density at radius 2 is 1.81 bits per heavy atom. The molecule has 0 bridgehead atoms. The summed E-state index contributed by atoms with van der Waals surface area (Å²) in [6.45, 7) is 13.3. The van der Waals surface area contributed by atoms with Crippen molar-refractivity contribution in [3.63, 3.8) is 0 Å². The summed E-state index contributed by atoms with van der Waals surface area (Å²) in [6.07, 6.45) is 0.198. The van der Waals surface area contributed by atoms with Gasteiger partial charge in [-0.3, -0.25) is 0 Å². The Balaban J connectivity index is 2.89. The molecule has 1 aromatic rings. The van der Waals surface area contributed by atoms with Crippen molar-refractivity contribution >= 4 is 16.1 Å². The van der Waals surface area contributed by atoms with Gasteiger partial charge in [0.15, 0.2) is 0 Å². The Bertz CT molecular complexity index is 697. The van der Waals surface area contributed by atoms with Crippen LogP contribution >= 0.6 is 0 Å². The monoisotopic (exact) mass is 398 g/mol. The molecule has 0 saturated carbocycles. The topological polar surface area (TPSA) is 75.7 Å². The van der Waals surface area contributed by atoms with Crippen LogP contribution in [0.25, 0.3) is 0 Å². The van der Waals surface area contributed by atoms with E-state index in [1.54, 1.807) is 23.4 Å². The van der Waals surface area contributed by atoms with E-state index in [0.717, 1.165) is 5.56 Å². The van der Waals surface area contributed by atoms with Crippen LogP contribution in [0.5, 0.6) is 0 Å². The first-order valence-corrected chi connectivity index (χ1v) is 10.9. The van der Waals surface area contributed by atoms with Gasteiger partial charge < -0.3 is 10.1 Å². The maximum Gasteiger partial charge on any atom is 0.407 e. The molecular formula is C20H34N2O4S. The quantitative estimate of drug-likeness (QED) is 0.650. The van der Waals surface area contributed by atoms with Gasteiger partial charge in [-0.2, -0.15) is 4.31 Å². The zero-order valence-electron chi connectivity index (χ0n) is 17.4. The van der Waals surface area contributed by atoms with Crippen LogP contribution in [0.4, 0.5) is 4.79 Å². The molecule has 27 heavy (non-hydrogen) atoms. The molecule has 1 rings (SSSR count). The lowest BCUT2D eigenvalue weighted by molar-refractivity contribution is 0.149. The summed E-state index contributed by atoms with van der Waals surface area (Å²) in [4.78, 5) is 11.7. The van der Waals surface area contributed by atoms with E-state index < -0.39 is 16.1 Å². The van der Waals surface area contributed by atoms with Gasteiger partial charge in [0.2, 0.25) is 10.0 Å². The van der Waals surface area contributed by atoms with E-state index in [2.05, 4.69) is 5.32 Å². The highest BCUT2D eigenvalue weighted by molar-refractivity contribution is 7.89. The number of rotatable bonds is 10. The second-order valence-corrected chi connectivity index (χ2v) is 10.0. The zero-order valence-corrected chi connectivity index (χ0v) is 18.2. The summed E-state index contributed by atoms with van der Waals surface area (Å²) in [7, 11) is -3.57. The molecule has 0 unspecified atom stereocenters. The lowest BCUT2D eigenvalue weighted by atomic mass is 9.89. The first kappa shape index (κ1) is 23.4. The maximum absolute atomic E-state index is 13.2. The second kappa shape index (κ2) is 10.1. The van der Waals surface area contributed by atoms with Crippen LogP contribution in [0.3, 0.4) is 0 Å². The Morgan fingerprint density at radius 1 is 1.22 bits per heavy atom. The van der Waals surface area contributed by atoms with E-state index in [1.807, 2.05) is 46.8 Å². The van der Waals surface area contributed by atoms with Crippen LogP contribution in [-0.4, -0.2) is 45.1 Å². The Kier molecular flexibility index (Phi) is 8.75. The third kappa shape index (κ3) is 7.89.